The molecular weight excluding hydrogens is 288 g/mol. The molecule has 0 bridgehead atoms. The van der Waals surface area contributed by atoms with Crippen LogP contribution >= 0.6 is 23.4 Å². The van der Waals surface area contributed by atoms with Gasteiger partial charge in [0.05, 0.1) is 0 Å². The van der Waals surface area contributed by atoms with Crippen molar-refractivity contribution in [2.75, 3.05) is 25.9 Å². The molecule has 1 fully saturated rings. The van der Waals surface area contributed by atoms with Crippen molar-refractivity contribution < 1.29 is 0 Å². The summed E-state index contributed by atoms with van der Waals surface area (Å²) in [7, 11) is 2.03. The van der Waals surface area contributed by atoms with Crippen molar-refractivity contribution in [3.05, 3.63) is 34.9 Å². The highest BCUT2D eigenvalue weighted by atomic mass is 35.5. The molecular formula is C16H25ClN2S. The van der Waals surface area contributed by atoms with Gasteiger partial charge in [-0.3, -0.25) is 4.90 Å². The maximum Gasteiger partial charge on any atom is 0.0409 e. The summed E-state index contributed by atoms with van der Waals surface area (Å²) in [6, 6.07) is 9.25. The van der Waals surface area contributed by atoms with Gasteiger partial charge in [-0.15, -0.1) is 0 Å². The molecule has 0 amide bonds. The largest absolute Gasteiger partial charge is 0.313 e. The molecule has 2 nitrogen and oxygen atoms in total. The van der Waals surface area contributed by atoms with Gasteiger partial charge in [0, 0.05) is 41.2 Å². The van der Waals surface area contributed by atoms with Crippen molar-refractivity contribution in [1.82, 2.24) is 10.2 Å². The molecule has 0 spiro atoms. The van der Waals surface area contributed by atoms with Crippen LogP contribution in [0.4, 0.5) is 0 Å². The molecule has 1 aromatic carbocycles. The van der Waals surface area contributed by atoms with E-state index in [1.807, 2.05) is 19.2 Å². The van der Waals surface area contributed by atoms with Gasteiger partial charge in [-0.1, -0.05) is 30.7 Å². The predicted octanol–water partition coefficient (Wildman–Crippen LogP) is 3.82. The second kappa shape index (κ2) is 7.69. The fraction of sp³-hybridized carbons (Fsp3) is 0.625. The van der Waals surface area contributed by atoms with E-state index in [1.54, 1.807) is 0 Å². The second-order valence-corrected chi connectivity index (χ2v) is 7.46. The minimum absolute atomic E-state index is 0.380. The molecule has 0 aliphatic carbocycles. The van der Waals surface area contributed by atoms with Gasteiger partial charge in [0.15, 0.2) is 0 Å². The van der Waals surface area contributed by atoms with E-state index >= 15 is 0 Å². The van der Waals surface area contributed by atoms with Gasteiger partial charge in [-0.2, -0.15) is 11.8 Å². The minimum atomic E-state index is 0.380. The molecule has 1 N–H and O–H groups in total. The van der Waals surface area contributed by atoms with E-state index in [0.29, 0.717) is 12.1 Å². The molecule has 2 rings (SSSR count). The Morgan fingerprint density at radius 3 is 2.95 bits per heavy atom. The molecule has 20 heavy (non-hydrogen) atoms. The lowest BCUT2D eigenvalue weighted by molar-refractivity contribution is 0.203. The molecule has 1 heterocycles. The number of hydrogen-bond acceptors (Lipinski definition) is 3. The smallest absolute Gasteiger partial charge is 0.0409 e. The van der Waals surface area contributed by atoms with Crippen LogP contribution in [-0.4, -0.2) is 42.1 Å². The Morgan fingerprint density at radius 1 is 1.45 bits per heavy atom. The molecule has 3 atom stereocenters. The first-order valence-electron chi connectivity index (χ1n) is 7.40. The third-order valence-electron chi connectivity index (χ3n) is 4.32. The van der Waals surface area contributed by atoms with Crippen LogP contribution in [0.15, 0.2) is 24.3 Å². The SMILES string of the molecule is CNC(CCN1CCSC(C)C1C)c1cccc(Cl)c1. The van der Waals surface area contributed by atoms with Crippen molar-refractivity contribution in [3.63, 3.8) is 0 Å². The Hall–Kier alpha value is -0.220. The van der Waals surface area contributed by atoms with E-state index in [0.717, 1.165) is 23.2 Å². The number of halogens is 1. The summed E-state index contributed by atoms with van der Waals surface area (Å²) in [4.78, 5) is 2.62. The fourth-order valence-corrected chi connectivity index (χ4v) is 4.17. The van der Waals surface area contributed by atoms with Gasteiger partial charge < -0.3 is 5.32 Å². The van der Waals surface area contributed by atoms with Crippen molar-refractivity contribution >= 4 is 23.4 Å². The molecule has 0 aromatic heterocycles. The fourth-order valence-electron chi connectivity index (χ4n) is 2.81. The number of hydrogen-bond donors (Lipinski definition) is 1. The van der Waals surface area contributed by atoms with Gasteiger partial charge in [0.25, 0.3) is 0 Å². The lowest BCUT2D eigenvalue weighted by Gasteiger charge is -2.38. The van der Waals surface area contributed by atoms with Crippen molar-refractivity contribution in [1.29, 1.82) is 0 Å². The normalized spacial score (nSPS) is 25.6. The number of benzene rings is 1. The predicted molar refractivity (Wildman–Crippen MR) is 90.8 cm³/mol. The third-order valence-corrected chi connectivity index (χ3v) is 5.89. The molecule has 1 saturated heterocycles. The van der Waals surface area contributed by atoms with Crippen LogP contribution in [0.3, 0.4) is 0 Å². The lowest BCUT2D eigenvalue weighted by Crippen LogP contribution is -2.45. The first kappa shape index (κ1) is 16.2. The topological polar surface area (TPSA) is 15.3 Å². The Morgan fingerprint density at radius 2 is 2.25 bits per heavy atom. The molecule has 112 valence electrons. The number of rotatable bonds is 5. The Balaban J connectivity index is 1.94. The molecule has 3 unspecified atom stereocenters. The van der Waals surface area contributed by atoms with E-state index in [2.05, 4.69) is 48.0 Å². The molecule has 1 aliphatic heterocycles. The summed E-state index contributed by atoms with van der Waals surface area (Å²) in [6.07, 6.45) is 1.12. The highest BCUT2D eigenvalue weighted by Crippen LogP contribution is 2.26. The summed E-state index contributed by atoms with van der Waals surface area (Å²) < 4.78 is 0. The zero-order valence-corrected chi connectivity index (χ0v) is 14.2. The van der Waals surface area contributed by atoms with Crippen LogP contribution in [0.5, 0.6) is 0 Å². The summed E-state index contributed by atoms with van der Waals surface area (Å²) in [6.45, 7) is 7.05. The number of nitrogens with zero attached hydrogens (tertiary/aromatic N) is 1. The average Bonchev–Trinajstić information content (AvgIpc) is 2.44. The van der Waals surface area contributed by atoms with Crippen LogP contribution in [0.2, 0.25) is 5.02 Å². The third kappa shape index (κ3) is 4.14. The highest BCUT2D eigenvalue weighted by Gasteiger charge is 2.25. The molecule has 1 aliphatic rings. The zero-order chi connectivity index (χ0) is 14.5. The van der Waals surface area contributed by atoms with E-state index < -0.39 is 0 Å². The lowest BCUT2D eigenvalue weighted by atomic mass is 10.0. The Labute approximate surface area is 132 Å². The first-order chi connectivity index (χ1) is 9.61. The standard InChI is InChI=1S/C16H25ClN2S/c1-12-13(2)20-10-9-19(12)8-7-16(18-3)14-5-4-6-15(17)11-14/h4-6,11-13,16,18H,7-10H2,1-3H3. The second-order valence-electron chi connectivity index (χ2n) is 5.54. The number of nitrogens with one attached hydrogen (secondary N) is 1. The summed E-state index contributed by atoms with van der Waals surface area (Å²) in [5.74, 6) is 1.26. The number of thioether (sulfide) groups is 1. The van der Waals surface area contributed by atoms with Gasteiger partial charge in [0.1, 0.15) is 0 Å². The monoisotopic (exact) mass is 312 g/mol. The quantitative estimate of drug-likeness (QED) is 0.890. The van der Waals surface area contributed by atoms with Crippen LogP contribution in [-0.2, 0) is 0 Å². The van der Waals surface area contributed by atoms with Crippen molar-refractivity contribution in [3.8, 4) is 0 Å². The van der Waals surface area contributed by atoms with Crippen LogP contribution in [0, 0.1) is 0 Å². The zero-order valence-electron chi connectivity index (χ0n) is 12.6. The maximum absolute atomic E-state index is 6.10. The van der Waals surface area contributed by atoms with Gasteiger partial charge in [0.2, 0.25) is 0 Å². The van der Waals surface area contributed by atoms with Crippen molar-refractivity contribution in [2.45, 2.75) is 37.6 Å². The van der Waals surface area contributed by atoms with Crippen molar-refractivity contribution in [2.24, 2.45) is 0 Å². The average molecular weight is 313 g/mol. The molecule has 1 aromatic rings. The summed E-state index contributed by atoms with van der Waals surface area (Å²) in [5.41, 5.74) is 1.28. The van der Waals surface area contributed by atoms with Crippen LogP contribution in [0.25, 0.3) is 0 Å². The van der Waals surface area contributed by atoms with E-state index in [4.69, 9.17) is 11.6 Å². The Kier molecular flexibility index (Phi) is 6.21. The van der Waals surface area contributed by atoms with E-state index in [-0.39, 0.29) is 0 Å². The van der Waals surface area contributed by atoms with E-state index in [9.17, 15) is 0 Å². The van der Waals surface area contributed by atoms with Crippen LogP contribution in [0.1, 0.15) is 31.9 Å². The van der Waals surface area contributed by atoms with E-state index in [1.165, 1.54) is 17.9 Å². The van der Waals surface area contributed by atoms with Gasteiger partial charge in [-0.05, 0) is 38.1 Å². The van der Waals surface area contributed by atoms with Gasteiger partial charge >= 0.3 is 0 Å². The molecule has 0 saturated carbocycles. The maximum atomic E-state index is 6.10. The first-order valence-corrected chi connectivity index (χ1v) is 8.83. The summed E-state index contributed by atoms with van der Waals surface area (Å²) >= 11 is 8.19. The van der Waals surface area contributed by atoms with Crippen LogP contribution < -0.4 is 5.32 Å². The highest BCUT2D eigenvalue weighted by molar-refractivity contribution is 8.00. The minimum Gasteiger partial charge on any atom is -0.313 e. The molecule has 4 heteroatoms. The summed E-state index contributed by atoms with van der Waals surface area (Å²) in [5, 5.41) is 4.98. The Bertz CT molecular complexity index is 427. The molecule has 0 radical (unpaired) electrons. The van der Waals surface area contributed by atoms with Gasteiger partial charge in [-0.25, -0.2) is 0 Å².